The fourth-order valence-corrected chi connectivity index (χ4v) is 3.54. The van der Waals surface area contributed by atoms with Crippen molar-refractivity contribution in [3.8, 4) is 0 Å². The molecule has 156 valence electrons. The van der Waals surface area contributed by atoms with Gasteiger partial charge in [-0.25, -0.2) is 4.99 Å². The van der Waals surface area contributed by atoms with Gasteiger partial charge >= 0.3 is 0 Å². The molecule has 0 atom stereocenters. The second kappa shape index (κ2) is 9.30. The SMILES string of the molecule is CCCCCCN1/C(=C/c2ccc([N+](=O)[O-])cc2[N+](=O)[O-])C(C)=Nc2ccccc21. The van der Waals surface area contributed by atoms with Gasteiger partial charge in [0.25, 0.3) is 11.4 Å². The lowest BCUT2D eigenvalue weighted by atomic mass is 10.0. The number of aliphatic imine (C=N–C) groups is 1. The van der Waals surface area contributed by atoms with E-state index in [-0.39, 0.29) is 11.4 Å². The summed E-state index contributed by atoms with van der Waals surface area (Å²) in [6.45, 7) is 4.79. The van der Waals surface area contributed by atoms with Gasteiger partial charge in [-0.1, -0.05) is 38.3 Å². The van der Waals surface area contributed by atoms with E-state index in [2.05, 4.69) is 16.8 Å². The third-order valence-corrected chi connectivity index (χ3v) is 5.07. The Bertz CT molecular complexity index is 1030. The zero-order valence-electron chi connectivity index (χ0n) is 17.1. The van der Waals surface area contributed by atoms with Gasteiger partial charge in [-0.05, 0) is 37.6 Å². The Morgan fingerprint density at radius 3 is 2.50 bits per heavy atom. The summed E-state index contributed by atoms with van der Waals surface area (Å²) < 4.78 is 0. The smallest absolute Gasteiger partial charge is 0.283 e. The normalized spacial score (nSPS) is 14.4. The number of unbranched alkanes of at least 4 members (excludes halogenated alkanes) is 3. The maximum absolute atomic E-state index is 11.6. The third-order valence-electron chi connectivity index (χ3n) is 5.07. The molecule has 1 aliphatic rings. The number of nitro groups is 2. The Morgan fingerprint density at radius 2 is 1.80 bits per heavy atom. The zero-order chi connectivity index (χ0) is 21.7. The Morgan fingerprint density at radius 1 is 1.03 bits per heavy atom. The van der Waals surface area contributed by atoms with Crippen LogP contribution in [0.3, 0.4) is 0 Å². The molecule has 0 saturated heterocycles. The second-order valence-corrected chi connectivity index (χ2v) is 7.19. The number of allylic oxidation sites excluding steroid dienone is 1. The number of benzene rings is 2. The Labute approximate surface area is 174 Å². The lowest BCUT2D eigenvalue weighted by Gasteiger charge is -2.32. The molecule has 0 spiro atoms. The fourth-order valence-electron chi connectivity index (χ4n) is 3.54. The molecule has 8 heteroatoms. The molecule has 0 fully saturated rings. The van der Waals surface area contributed by atoms with Crippen LogP contribution >= 0.6 is 0 Å². The molecule has 0 amide bonds. The van der Waals surface area contributed by atoms with Crippen LogP contribution in [0.5, 0.6) is 0 Å². The number of hydrogen-bond donors (Lipinski definition) is 0. The largest absolute Gasteiger partial charge is 0.338 e. The number of para-hydroxylation sites is 2. The highest BCUT2D eigenvalue weighted by Gasteiger charge is 2.24. The van der Waals surface area contributed by atoms with Gasteiger partial charge in [0, 0.05) is 12.6 Å². The quantitative estimate of drug-likeness (QED) is 0.301. The first-order valence-corrected chi connectivity index (χ1v) is 9.99. The molecule has 30 heavy (non-hydrogen) atoms. The lowest BCUT2D eigenvalue weighted by molar-refractivity contribution is -0.394. The van der Waals surface area contributed by atoms with Crippen molar-refractivity contribution < 1.29 is 9.85 Å². The minimum absolute atomic E-state index is 0.297. The molecule has 2 aromatic rings. The van der Waals surface area contributed by atoms with Crippen LogP contribution in [0, 0.1) is 20.2 Å². The van der Waals surface area contributed by atoms with Gasteiger partial charge in [-0.2, -0.15) is 0 Å². The van der Waals surface area contributed by atoms with Gasteiger partial charge in [0.1, 0.15) is 0 Å². The fraction of sp³-hybridized carbons (Fsp3) is 0.318. The van der Waals surface area contributed by atoms with Crippen LogP contribution in [0.4, 0.5) is 22.7 Å². The van der Waals surface area contributed by atoms with Crippen LogP contribution in [-0.2, 0) is 0 Å². The molecular formula is C22H24N4O4. The first-order valence-electron chi connectivity index (χ1n) is 9.99. The summed E-state index contributed by atoms with van der Waals surface area (Å²) in [7, 11) is 0. The summed E-state index contributed by atoms with van der Waals surface area (Å²) in [6, 6.07) is 11.5. The molecule has 1 aliphatic heterocycles. The van der Waals surface area contributed by atoms with Crippen molar-refractivity contribution in [1.29, 1.82) is 0 Å². The van der Waals surface area contributed by atoms with Crippen LogP contribution in [-0.4, -0.2) is 22.1 Å². The van der Waals surface area contributed by atoms with Crippen molar-refractivity contribution in [3.63, 3.8) is 0 Å². The summed E-state index contributed by atoms with van der Waals surface area (Å²) in [5.41, 5.74) is 3.04. The zero-order valence-corrected chi connectivity index (χ0v) is 17.1. The van der Waals surface area contributed by atoms with E-state index in [1.165, 1.54) is 12.1 Å². The third kappa shape index (κ3) is 4.53. The number of fused-ring (bicyclic) bond motifs is 1. The molecule has 0 bridgehead atoms. The maximum atomic E-state index is 11.6. The number of nitro benzene ring substituents is 2. The van der Waals surface area contributed by atoms with Crippen molar-refractivity contribution in [2.75, 3.05) is 11.4 Å². The molecule has 3 rings (SSSR count). The highest BCUT2D eigenvalue weighted by molar-refractivity contribution is 6.10. The van der Waals surface area contributed by atoms with Crippen LogP contribution in [0.2, 0.25) is 0 Å². The topological polar surface area (TPSA) is 102 Å². The minimum Gasteiger partial charge on any atom is -0.338 e. The van der Waals surface area contributed by atoms with Gasteiger partial charge in [0.15, 0.2) is 0 Å². The van der Waals surface area contributed by atoms with Gasteiger partial charge in [-0.15, -0.1) is 0 Å². The second-order valence-electron chi connectivity index (χ2n) is 7.19. The highest BCUT2D eigenvalue weighted by atomic mass is 16.6. The van der Waals surface area contributed by atoms with Crippen molar-refractivity contribution in [3.05, 3.63) is 74.0 Å². The van der Waals surface area contributed by atoms with Crippen LogP contribution < -0.4 is 4.90 Å². The molecule has 0 aliphatic carbocycles. The van der Waals surface area contributed by atoms with E-state index in [1.807, 2.05) is 31.2 Å². The summed E-state index contributed by atoms with van der Waals surface area (Å²) in [5.74, 6) is 0. The number of nitrogens with zero attached hydrogens (tertiary/aromatic N) is 4. The van der Waals surface area contributed by atoms with Crippen molar-refractivity contribution in [2.45, 2.75) is 39.5 Å². The molecule has 0 radical (unpaired) electrons. The number of hydrogen-bond acceptors (Lipinski definition) is 6. The first-order chi connectivity index (χ1) is 14.4. The molecule has 0 saturated carbocycles. The van der Waals surface area contributed by atoms with E-state index in [1.54, 1.807) is 6.08 Å². The van der Waals surface area contributed by atoms with Crippen LogP contribution in [0.25, 0.3) is 6.08 Å². The molecule has 0 unspecified atom stereocenters. The monoisotopic (exact) mass is 408 g/mol. The van der Waals surface area contributed by atoms with E-state index < -0.39 is 9.85 Å². The Kier molecular flexibility index (Phi) is 6.56. The van der Waals surface area contributed by atoms with E-state index in [9.17, 15) is 20.2 Å². The van der Waals surface area contributed by atoms with Crippen LogP contribution in [0.1, 0.15) is 45.1 Å². The van der Waals surface area contributed by atoms with Crippen molar-refractivity contribution in [1.82, 2.24) is 0 Å². The molecule has 0 aromatic heterocycles. The average molecular weight is 408 g/mol. The van der Waals surface area contributed by atoms with Crippen molar-refractivity contribution >= 4 is 34.5 Å². The summed E-state index contributed by atoms with van der Waals surface area (Å²) in [6.07, 6.45) is 6.06. The van der Waals surface area contributed by atoms with E-state index in [4.69, 9.17) is 0 Å². The predicted octanol–water partition coefficient (Wildman–Crippen LogP) is 6.04. The molecule has 1 heterocycles. The minimum atomic E-state index is -0.631. The Hall–Kier alpha value is -3.55. The molecule has 8 nitrogen and oxygen atoms in total. The molecule has 2 aromatic carbocycles. The standard InChI is InChI=1S/C22H24N4O4/c1-3-4-5-8-13-24-20-10-7-6-9-19(20)23-16(2)21(24)14-17-11-12-18(25(27)28)15-22(17)26(29)30/h6-7,9-12,14-15H,3-5,8,13H2,1-2H3/b21-14+. The van der Waals surface area contributed by atoms with Crippen molar-refractivity contribution in [2.24, 2.45) is 4.99 Å². The predicted molar refractivity (Wildman–Crippen MR) is 118 cm³/mol. The lowest BCUT2D eigenvalue weighted by Crippen LogP contribution is -2.30. The number of non-ortho nitro benzene ring substituents is 1. The Balaban J connectivity index is 2.06. The number of rotatable bonds is 8. The van der Waals surface area contributed by atoms with Gasteiger partial charge in [0.05, 0.1) is 44.3 Å². The molecular weight excluding hydrogens is 384 g/mol. The highest BCUT2D eigenvalue weighted by Crippen LogP contribution is 2.38. The maximum Gasteiger partial charge on any atom is 0.283 e. The first kappa shape index (κ1) is 21.2. The van der Waals surface area contributed by atoms with Crippen LogP contribution in [0.15, 0.2) is 53.2 Å². The summed E-state index contributed by atoms with van der Waals surface area (Å²) in [4.78, 5) is 28.2. The van der Waals surface area contributed by atoms with Gasteiger partial charge in [-0.3, -0.25) is 20.2 Å². The molecule has 0 N–H and O–H groups in total. The van der Waals surface area contributed by atoms with E-state index in [0.29, 0.717) is 5.56 Å². The summed E-state index contributed by atoms with van der Waals surface area (Å²) in [5, 5.41) is 22.6. The van der Waals surface area contributed by atoms with Gasteiger partial charge in [0.2, 0.25) is 0 Å². The van der Waals surface area contributed by atoms with E-state index in [0.717, 1.165) is 61.1 Å². The van der Waals surface area contributed by atoms with E-state index >= 15 is 0 Å². The van der Waals surface area contributed by atoms with Gasteiger partial charge < -0.3 is 4.90 Å². The average Bonchev–Trinajstić information content (AvgIpc) is 2.72. The summed E-state index contributed by atoms with van der Waals surface area (Å²) >= 11 is 0. The number of anilines is 1.